The van der Waals surface area contributed by atoms with Crippen molar-refractivity contribution in [2.45, 2.75) is 0 Å². The minimum Gasteiger partial charge on any atom is -0.506 e. The van der Waals surface area contributed by atoms with E-state index in [4.69, 9.17) is 0 Å². The van der Waals surface area contributed by atoms with Gasteiger partial charge in [-0.1, -0.05) is 24.3 Å². The molecule has 19 heavy (non-hydrogen) atoms. The van der Waals surface area contributed by atoms with Crippen LogP contribution in [0.4, 0.5) is 10.1 Å². The third kappa shape index (κ3) is 2.22. The number of halogens is 1. The highest BCUT2D eigenvalue weighted by Gasteiger charge is 2.08. The molecule has 0 saturated carbocycles. The first-order valence-electron chi connectivity index (χ1n) is 5.75. The van der Waals surface area contributed by atoms with Crippen LogP contribution in [0.2, 0.25) is 0 Å². The van der Waals surface area contributed by atoms with Crippen LogP contribution in [0, 0.1) is 5.82 Å². The second-order valence-corrected chi connectivity index (χ2v) is 5.10. The molecule has 0 aliphatic carbocycles. The number of fused-ring (bicyclic) bond motifs is 1. The van der Waals surface area contributed by atoms with E-state index in [2.05, 4.69) is 4.99 Å². The molecule has 0 aliphatic rings. The van der Waals surface area contributed by atoms with Crippen LogP contribution in [0.5, 0.6) is 5.75 Å². The third-order valence-corrected chi connectivity index (χ3v) is 3.86. The smallest absolute Gasteiger partial charge is 0.148 e. The zero-order chi connectivity index (χ0) is 13.2. The van der Waals surface area contributed by atoms with Gasteiger partial charge in [-0.3, -0.25) is 4.99 Å². The zero-order valence-corrected chi connectivity index (χ0v) is 10.7. The standard InChI is InChI=1S/C15H10FNOS/c16-11-6-2-3-7-12(11)17-9-14-15(18)10-5-1-4-8-13(10)19-14/h1-9,18H. The average molecular weight is 271 g/mol. The molecule has 0 atom stereocenters. The van der Waals surface area contributed by atoms with Gasteiger partial charge in [-0.25, -0.2) is 4.39 Å². The molecule has 4 heteroatoms. The molecule has 0 amide bonds. The molecule has 3 rings (SSSR count). The molecule has 3 aromatic rings. The van der Waals surface area contributed by atoms with Crippen molar-refractivity contribution in [3.63, 3.8) is 0 Å². The molecule has 1 aromatic heterocycles. The van der Waals surface area contributed by atoms with Gasteiger partial charge in [-0.05, 0) is 24.3 Å². The van der Waals surface area contributed by atoms with E-state index in [1.54, 1.807) is 18.2 Å². The number of benzene rings is 2. The average Bonchev–Trinajstić information content (AvgIpc) is 2.75. The van der Waals surface area contributed by atoms with Gasteiger partial charge >= 0.3 is 0 Å². The topological polar surface area (TPSA) is 32.6 Å². The van der Waals surface area contributed by atoms with E-state index in [-0.39, 0.29) is 17.3 Å². The molecule has 94 valence electrons. The summed E-state index contributed by atoms with van der Waals surface area (Å²) in [5.41, 5.74) is 0.263. The first kappa shape index (κ1) is 11.9. The highest BCUT2D eigenvalue weighted by molar-refractivity contribution is 7.21. The summed E-state index contributed by atoms with van der Waals surface area (Å²) in [6.45, 7) is 0. The molecular weight excluding hydrogens is 261 g/mol. The maximum atomic E-state index is 13.4. The van der Waals surface area contributed by atoms with Crippen LogP contribution in [-0.4, -0.2) is 11.3 Å². The molecule has 0 bridgehead atoms. The summed E-state index contributed by atoms with van der Waals surface area (Å²) in [5.74, 6) is -0.181. The van der Waals surface area contributed by atoms with Gasteiger partial charge in [-0.15, -0.1) is 11.3 Å². The minimum atomic E-state index is -0.376. The van der Waals surface area contributed by atoms with Crippen molar-refractivity contribution < 1.29 is 9.50 Å². The fraction of sp³-hybridized carbons (Fsp3) is 0. The SMILES string of the molecule is Oc1c(C=Nc2ccccc2F)sc2ccccc12. The zero-order valence-electron chi connectivity index (χ0n) is 9.88. The fourth-order valence-electron chi connectivity index (χ4n) is 1.82. The van der Waals surface area contributed by atoms with Gasteiger partial charge in [0.25, 0.3) is 0 Å². The van der Waals surface area contributed by atoms with Crippen molar-refractivity contribution in [2.75, 3.05) is 0 Å². The molecule has 1 N–H and O–H groups in total. The Labute approximate surface area is 113 Å². The number of rotatable bonds is 2. The largest absolute Gasteiger partial charge is 0.506 e. The molecule has 2 aromatic carbocycles. The Morgan fingerprint density at radius 3 is 2.58 bits per heavy atom. The van der Waals surface area contributed by atoms with Crippen LogP contribution >= 0.6 is 11.3 Å². The first-order valence-corrected chi connectivity index (χ1v) is 6.56. The number of para-hydroxylation sites is 1. The number of hydrogen-bond donors (Lipinski definition) is 1. The molecule has 2 nitrogen and oxygen atoms in total. The summed E-state index contributed by atoms with van der Waals surface area (Å²) in [6.07, 6.45) is 1.50. The Morgan fingerprint density at radius 2 is 1.79 bits per heavy atom. The van der Waals surface area contributed by atoms with E-state index >= 15 is 0 Å². The predicted octanol–water partition coefficient (Wildman–Crippen LogP) is 4.50. The van der Waals surface area contributed by atoms with Crippen molar-refractivity contribution in [1.29, 1.82) is 0 Å². The first-order chi connectivity index (χ1) is 9.25. The lowest BCUT2D eigenvalue weighted by Gasteiger charge is -1.94. The molecule has 0 aliphatic heterocycles. The van der Waals surface area contributed by atoms with E-state index < -0.39 is 0 Å². The van der Waals surface area contributed by atoms with Crippen LogP contribution in [0.15, 0.2) is 53.5 Å². The van der Waals surface area contributed by atoms with E-state index in [1.807, 2.05) is 24.3 Å². The van der Waals surface area contributed by atoms with Crippen molar-refractivity contribution in [3.05, 3.63) is 59.2 Å². The molecule has 0 saturated heterocycles. The molecule has 1 heterocycles. The lowest BCUT2D eigenvalue weighted by Crippen LogP contribution is -1.77. The number of nitrogens with zero attached hydrogens (tertiary/aromatic N) is 1. The highest BCUT2D eigenvalue weighted by Crippen LogP contribution is 2.35. The van der Waals surface area contributed by atoms with Crippen molar-refractivity contribution >= 4 is 33.3 Å². The van der Waals surface area contributed by atoms with Crippen LogP contribution in [0.3, 0.4) is 0 Å². The summed E-state index contributed by atoms with van der Waals surface area (Å²) in [4.78, 5) is 4.71. The molecule has 0 spiro atoms. The second-order valence-electron chi connectivity index (χ2n) is 4.02. The quantitative estimate of drug-likeness (QED) is 0.684. The van der Waals surface area contributed by atoms with E-state index in [9.17, 15) is 9.50 Å². The van der Waals surface area contributed by atoms with Gasteiger partial charge < -0.3 is 5.11 Å². The summed E-state index contributed by atoms with van der Waals surface area (Å²) >= 11 is 1.43. The Balaban J connectivity index is 2.02. The minimum absolute atomic E-state index is 0.195. The maximum absolute atomic E-state index is 13.4. The predicted molar refractivity (Wildman–Crippen MR) is 77.1 cm³/mol. The lowest BCUT2D eigenvalue weighted by atomic mass is 10.2. The van der Waals surface area contributed by atoms with Gasteiger partial charge in [0.05, 0.1) is 10.6 Å². The summed E-state index contributed by atoms with van der Waals surface area (Å²) in [5, 5.41) is 10.9. The number of aliphatic imine (C=N–C) groups is 1. The Hall–Kier alpha value is -2.20. The van der Waals surface area contributed by atoms with Gasteiger partial charge in [0, 0.05) is 16.3 Å². The third-order valence-electron chi connectivity index (χ3n) is 2.77. The fourth-order valence-corrected chi connectivity index (χ4v) is 2.79. The number of aromatic hydroxyl groups is 1. The van der Waals surface area contributed by atoms with Crippen LogP contribution in [0.25, 0.3) is 10.1 Å². The Bertz CT molecular complexity index is 764. The molecular formula is C15H10FNOS. The molecule has 0 radical (unpaired) electrons. The van der Waals surface area contributed by atoms with Crippen molar-refractivity contribution in [3.8, 4) is 5.75 Å². The Kier molecular flexibility index (Phi) is 3.01. The summed E-state index contributed by atoms with van der Waals surface area (Å²) in [7, 11) is 0. The second kappa shape index (κ2) is 4.82. The lowest BCUT2D eigenvalue weighted by molar-refractivity contribution is 0.483. The van der Waals surface area contributed by atoms with Crippen LogP contribution < -0.4 is 0 Å². The summed E-state index contributed by atoms with van der Waals surface area (Å²) in [6, 6.07) is 13.9. The van der Waals surface area contributed by atoms with Crippen LogP contribution in [-0.2, 0) is 0 Å². The normalized spacial score (nSPS) is 11.4. The van der Waals surface area contributed by atoms with E-state index in [1.165, 1.54) is 23.6 Å². The van der Waals surface area contributed by atoms with Gasteiger partial charge in [0.2, 0.25) is 0 Å². The highest BCUT2D eigenvalue weighted by atomic mass is 32.1. The number of hydrogen-bond acceptors (Lipinski definition) is 3. The molecule has 0 fully saturated rings. The van der Waals surface area contributed by atoms with Gasteiger partial charge in [0.15, 0.2) is 0 Å². The van der Waals surface area contributed by atoms with Crippen molar-refractivity contribution in [1.82, 2.24) is 0 Å². The van der Waals surface area contributed by atoms with E-state index in [0.29, 0.717) is 4.88 Å². The summed E-state index contributed by atoms with van der Waals surface area (Å²) < 4.78 is 14.4. The Morgan fingerprint density at radius 1 is 1.05 bits per heavy atom. The number of thiophene rings is 1. The molecule has 0 unspecified atom stereocenters. The monoisotopic (exact) mass is 271 g/mol. The maximum Gasteiger partial charge on any atom is 0.148 e. The van der Waals surface area contributed by atoms with Gasteiger partial charge in [-0.2, -0.15) is 0 Å². The van der Waals surface area contributed by atoms with Crippen LogP contribution in [0.1, 0.15) is 4.88 Å². The van der Waals surface area contributed by atoms with E-state index in [0.717, 1.165) is 10.1 Å². The van der Waals surface area contributed by atoms with Crippen molar-refractivity contribution in [2.24, 2.45) is 4.99 Å². The van der Waals surface area contributed by atoms with Gasteiger partial charge in [0.1, 0.15) is 11.6 Å².